The summed E-state index contributed by atoms with van der Waals surface area (Å²) in [7, 11) is 1.30. The predicted octanol–water partition coefficient (Wildman–Crippen LogP) is 3.40. The zero-order valence-electron chi connectivity index (χ0n) is 16.3. The maximum Gasteiger partial charge on any atom is 0.418 e. The summed E-state index contributed by atoms with van der Waals surface area (Å²) in [5.74, 6) is -2.59. The Kier molecular flexibility index (Phi) is 6.58. The Morgan fingerprint density at radius 3 is 2.59 bits per heavy atom. The van der Waals surface area contributed by atoms with Crippen molar-refractivity contribution in [2.75, 3.05) is 18.6 Å². The van der Waals surface area contributed by atoms with Crippen LogP contribution in [0.2, 0.25) is 0 Å². The maximum absolute atomic E-state index is 13.7. The molecule has 9 heteroatoms. The predicted molar refractivity (Wildman–Crippen MR) is 94.8 cm³/mol. The summed E-state index contributed by atoms with van der Waals surface area (Å²) in [6.45, 7) is 2.87. The van der Waals surface area contributed by atoms with E-state index in [0.717, 1.165) is 12.1 Å². The highest BCUT2D eigenvalue weighted by atomic mass is 19.4. The van der Waals surface area contributed by atoms with Crippen LogP contribution >= 0.6 is 0 Å². The number of alkyl halides is 3. The molecule has 5 nitrogen and oxygen atoms in total. The number of methoxy groups -OCH3 is 1. The molecule has 2 rings (SSSR count). The number of anilines is 1. The second kappa shape index (κ2) is 8.41. The SMILES string of the molecule is CCCC1=C(C#N)CC(C)(C(=O)[O-])C(COC)N1c1ccc(F)cc1C(F)(F)F. The van der Waals surface area contributed by atoms with Gasteiger partial charge in [-0.2, -0.15) is 18.4 Å². The first-order valence-corrected chi connectivity index (χ1v) is 8.99. The zero-order valence-corrected chi connectivity index (χ0v) is 16.3. The Labute approximate surface area is 166 Å². The van der Waals surface area contributed by atoms with Gasteiger partial charge in [0.1, 0.15) is 5.82 Å². The summed E-state index contributed by atoms with van der Waals surface area (Å²) in [5, 5.41) is 21.6. The highest BCUT2D eigenvalue weighted by molar-refractivity contribution is 5.78. The number of carbonyl (C=O) groups excluding carboxylic acids is 1. The summed E-state index contributed by atoms with van der Waals surface area (Å²) >= 11 is 0. The number of aliphatic carboxylic acids is 1. The van der Waals surface area contributed by atoms with E-state index in [1.807, 2.05) is 6.07 Å². The average molecular weight is 413 g/mol. The minimum atomic E-state index is -4.89. The van der Waals surface area contributed by atoms with Gasteiger partial charge in [0.2, 0.25) is 0 Å². The molecule has 0 radical (unpaired) electrons. The maximum atomic E-state index is 13.7. The quantitative estimate of drug-likeness (QED) is 0.668. The fourth-order valence-corrected chi connectivity index (χ4v) is 3.70. The van der Waals surface area contributed by atoms with Crippen molar-refractivity contribution < 1.29 is 32.2 Å². The summed E-state index contributed by atoms with van der Waals surface area (Å²) in [4.78, 5) is 13.2. The summed E-state index contributed by atoms with van der Waals surface area (Å²) < 4.78 is 59.9. The van der Waals surface area contributed by atoms with Gasteiger partial charge in [-0.15, -0.1) is 0 Å². The molecule has 0 aromatic heterocycles. The van der Waals surface area contributed by atoms with E-state index in [1.165, 1.54) is 18.9 Å². The van der Waals surface area contributed by atoms with E-state index < -0.39 is 40.7 Å². The van der Waals surface area contributed by atoms with Gasteiger partial charge in [0.05, 0.1) is 30.0 Å². The van der Waals surface area contributed by atoms with E-state index in [0.29, 0.717) is 12.5 Å². The minimum absolute atomic E-state index is 0.0587. The average Bonchev–Trinajstić information content (AvgIpc) is 2.64. The number of rotatable bonds is 6. The lowest BCUT2D eigenvalue weighted by molar-refractivity contribution is -0.320. The van der Waals surface area contributed by atoms with E-state index in [9.17, 15) is 32.7 Å². The van der Waals surface area contributed by atoms with Crippen LogP contribution in [0.1, 0.15) is 38.7 Å². The molecule has 0 N–H and O–H groups in total. The van der Waals surface area contributed by atoms with E-state index in [-0.39, 0.29) is 30.7 Å². The third-order valence-corrected chi connectivity index (χ3v) is 5.17. The normalized spacial score (nSPS) is 22.6. The summed E-state index contributed by atoms with van der Waals surface area (Å²) in [6, 6.07) is 3.02. The molecule has 1 aliphatic rings. The van der Waals surface area contributed by atoms with Crippen LogP contribution in [0.3, 0.4) is 0 Å². The van der Waals surface area contributed by atoms with Crippen molar-refractivity contribution in [3.05, 3.63) is 40.8 Å². The Balaban J connectivity index is 2.88. The second-order valence-corrected chi connectivity index (χ2v) is 7.17. The zero-order chi connectivity index (χ0) is 22.0. The molecule has 29 heavy (non-hydrogen) atoms. The van der Waals surface area contributed by atoms with Gasteiger partial charge in [-0.25, -0.2) is 4.39 Å². The molecule has 1 heterocycles. The van der Waals surface area contributed by atoms with Gasteiger partial charge in [0, 0.05) is 29.8 Å². The first kappa shape index (κ1) is 22.7. The van der Waals surface area contributed by atoms with E-state index in [4.69, 9.17) is 4.74 Å². The molecule has 0 bridgehead atoms. The van der Waals surface area contributed by atoms with Crippen LogP contribution in [0, 0.1) is 22.6 Å². The van der Waals surface area contributed by atoms with Crippen molar-refractivity contribution in [3.8, 4) is 6.07 Å². The minimum Gasteiger partial charge on any atom is -0.549 e. The van der Waals surface area contributed by atoms with Crippen LogP contribution < -0.4 is 10.0 Å². The van der Waals surface area contributed by atoms with Gasteiger partial charge in [-0.1, -0.05) is 20.3 Å². The Morgan fingerprint density at radius 1 is 1.45 bits per heavy atom. The van der Waals surface area contributed by atoms with Gasteiger partial charge in [-0.3, -0.25) is 0 Å². The number of hydrogen-bond acceptors (Lipinski definition) is 5. The van der Waals surface area contributed by atoms with Gasteiger partial charge in [0.15, 0.2) is 0 Å². The molecule has 0 amide bonds. The van der Waals surface area contributed by atoms with Crippen molar-refractivity contribution in [2.24, 2.45) is 5.41 Å². The number of nitrogens with zero attached hydrogens (tertiary/aromatic N) is 2. The van der Waals surface area contributed by atoms with E-state index >= 15 is 0 Å². The number of carbonyl (C=O) groups is 1. The summed E-state index contributed by atoms with van der Waals surface area (Å²) in [5.41, 5.74) is -3.05. The number of benzene rings is 1. The molecule has 1 aromatic rings. The Hall–Kier alpha value is -2.60. The number of hydrogen-bond donors (Lipinski definition) is 0. The number of allylic oxidation sites excluding steroid dienone is 2. The van der Waals surface area contributed by atoms with Crippen LogP contribution in [-0.2, 0) is 15.7 Å². The third-order valence-electron chi connectivity index (χ3n) is 5.17. The molecule has 2 unspecified atom stereocenters. The van der Waals surface area contributed by atoms with Crippen LogP contribution in [0.25, 0.3) is 0 Å². The van der Waals surface area contributed by atoms with Gasteiger partial charge in [-0.05, 0) is 31.0 Å². The fraction of sp³-hybridized carbons (Fsp3) is 0.500. The standard InChI is InChI=1S/C20H22F4N2O3/c1-4-5-15-12(10-25)9-19(2,18(27)28)17(11-29-3)26(15)16-7-6-13(21)8-14(16)20(22,23)24/h6-8,17H,4-5,9,11H2,1-3H3,(H,27,28)/p-1. The van der Waals surface area contributed by atoms with Crippen LogP contribution in [0.15, 0.2) is 29.5 Å². The van der Waals surface area contributed by atoms with Crippen molar-refractivity contribution >= 4 is 11.7 Å². The molecule has 1 aromatic carbocycles. The molecule has 0 saturated heterocycles. The Bertz CT molecular complexity index is 860. The topological polar surface area (TPSA) is 76.4 Å². The molecule has 1 aliphatic heterocycles. The lowest BCUT2D eigenvalue weighted by Gasteiger charge is -2.50. The van der Waals surface area contributed by atoms with Gasteiger partial charge in [0.25, 0.3) is 0 Å². The molecule has 0 aliphatic carbocycles. The molecule has 0 spiro atoms. The monoisotopic (exact) mass is 413 g/mol. The van der Waals surface area contributed by atoms with Crippen LogP contribution in [0.5, 0.6) is 0 Å². The fourth-order valence-electron chi connectivity index (χ4n) is 3.70. The number of ether oxygens (including phenoxy) is 1. The first-order valence-electron chi connectivity index (χ1n) is 8.99. The van der Waals surface area contributed by atoms with Crippen molar-refractivity contribution in [1.29, 1.82) is 5.26 Å². The number of carboxylic acid groups (broad SMARTS) is 1. The summed E-state index contributed by atoms with van der Waals surface area (Å²) in [6.07, 6.45) is -4.36. The highest BCUT2D eigenvalue weighted by Crippen LogP contribution is 2.47. The van der Waals surface area contributed by atoms with Crippen LogP contribution in [-0.4, -0.2) is 25.7 Å². The second-order valence-electron chi connectivity index (χ2n) is 7.17. The Morgan fingerprint density at radius 2 is 2.10 bits per heavy atom. The number of carboxylic acids is 1. The molecule has 0 fully saturated rings. The van der Waals surface area contributed by atoms with E-state index in [2.05, 4.69) is 0 Å². The highest BCUT2D eigenvalue weighted by Gasteiger charge is 2.48. The van der Waals surface area contributed by atoms with Gasteiger partial charge >= 0.3 is 6.18 Å². The lowest BCUT2D eigenvalue weighted by Crippen LogP contribution is -2.59. The number of nitriles is 1. The molecule has 0 saturated carbocycles. The van der Waals surface area contributed by atoms with Crippen molar-refractivity contribution in [3.63, 3.8) is 0 Å². The largest absolute Gasteiger partial charge is 0.549 e. The molecule has 2 atom stereocenters. The lowest BCUT2D eigenvalue weighted by atomic mass is 9.72. The van der Waals surface area contributed by atoms with Gasteiger partial charge < -0.3 is 19.5 Å². The molecular weight excluding hydrogens is 392 g/mol. The van der Waals surface area contributed by atoms with Crippen molar-refractivity contribution in [1.82, 2.24) is 0 Å². The third kappa shape index (κ3) is 4.22. The van der Waals surface area contributed by atoms with E-state index in [1.54, 1.807) is 6.92 Å². The van der Waals surface area contributed by atoms with Crippen LogP contribution in [0.4, 0.5) is 23.2 Å². The first-order chi connectivity index (χ1) is 13.5. The number of halogens is 4. The smallest absolute Gasteiger partial charge is 0.418 e. The molecule has 158 valence electrons. The molecular formula is C20H21F4N2O3-. The van der Waals surface area contributed by atoms with Crippen molar-refractivity contribution in [2.45, 2.75) is 45.3 Å².